The van der Waals surface area contributed by atoms with Gasteiger partial charge in [-0.25, -0.2) is 4.98 Å². The fraction of sp³-hybridized carbons (Fsp3) is 0.143. The first-order valence-electron chi connectivity index (χ1n) is 5.63. The largest absolute Gasteiger partial charge is 0.494 e. The van der Waals surface area contributed by atoms with E-state index in [-0.39, 0.29) is 0 Å². The highest BCUT2D eigenvalue weighted by molar-refractivity contribution is 5.73. The van der Waals surface area contributed by atoms with Crippen molar-refractivity contribution in [3.05, 3.63) is 54.8 Å². The third-order valence-electron chi connectivity index (χ3n) is 2.55. The van der Waals surface area contributed by atoms with Crippen LogP contribution in [-0.4, -0.2) is 22.7 Å². The minimum Gasteiger partial charge on any atom is -0.494 e. The van der Waals surface area contributed by atoms with Gasteiger partial charge in [0.25, 0.3) is 0 Å². The Balaban J connectivity index is 2.70. The Morgan fingerprint density at radius 3 is 3.00 bits per heavy atom. The maximum Gasteiger partial charge on any atom is 0.167 e. The number of methoxy groups -OCH3 is 1. The summed E-state index contributed by atoms with van der Waals surface area (Å²) < 4.78 is 7.24. The van der Waals surface area contributed by atoms with Crippen molar-refractivity contribution in [3.63, 3.8) is 0 Å². The highest BCUT2D eigenvalue weighted by Gasteiger charge is 2.12. The van der Waals surface area contributed by atoms with Crippen molar-refractivity contribution in [2.24, 2.45) is 4.99 Å². The number of hydrogen-bond donors (Lipinski definition) is 0. The van der Waals surface area contributed by atoms with Crippen LogP contribution in [0.25, 0.3) is 11.2 Å². The lowest BCUT2D eigenvalue weighted by Gasteiger charge is -2.06. The molecule has 0 amide bonds. The maximum atomic E-state index is 5.28. The Labute approximate surface area is 106 Å². The molecular formula is C14H15N3O. The second-order valence-electron chi connectivity index (χ2n) is 3.59. The lowest BCUT2D eigenvalue weighted by molar-refractivity contribution is 0.308. The maximum absolute atomic E-state index is 5.28. The van der Waals surface area contributed by atoms with Gasteiger partial charge in [-0.05, 0) is 25.1 Å². The second kappa shape index (κ2) is 5.31. The van der Waals surface area contributed by atoms with Gasteiger partial charge < -0.3 is 4.74 Å². The molecule has 0 aliphatic carbocycles. The predicted octanol–water partition coefficient (Wildman–Crippen LogP) is 2.93. The molecule has 0 bridgehead atoms. The van der Waals surface area contributed by atoms with Gasteiger partial charge in [-0.15, -0.1) is 0 Å². The molecule has 0 saturated carbocycles. The quantitative estimate of drug-likeness (QED) is 0.469. The van der Waals surface area contributed by atoms with E-state index in [1.54, 1.807) is 25.6 Å². The van der Waals surface area contributed by atoms with E-state index in [4.69, 9.17) is 4.74 Å². The number of fused-ring (bicyclic) bond motifs is 1. The van der Waals surface area contributed by atoms with Crippen molar-refractivity contribution in [1.82, 2.24) is 9.38 Å². The summed E-state index contributed by atoms with van der Waals surface area (Å²) in [6.07, 6.45) is 7.09. The molecule has 0 radical (unpaired) electrons. The molecule has 0 aliphatic heterocycles. The lowest BCUT2D eigenvalue weighted by Crippen LogP contribution is -1.97. The monoisotopic (exact) mass is 241 g/mol. The summed E-state index contributed by atoms with van der Waals surface area (Å²) in [5.74, 6) is 1.34. The van der Waals surface area contributed by atoms with Crippen molar-refractivity contribution in [3.8, 4) is 0 Å². The molecule has 0 fully saturated rings. The molecule has 2 heterocycles. The second-order valence-corrected chi connectivity index (χ2v) is 3.59. The summed E-state index contributed by atoms with van der Waals surface area (Å²) in [6.45, 7) is 5.58. The molecule has 0 saturated heterocycles. The van der Waals surface area contributed by atoms with Crippen LogP contribution in [0.5, 0.6) is 0 Å². The van der Waals surface area contributed by atoms with E-state index in [1.165, 1.54) is 0 Å². The summed E-state index contributed by atoms with van der Waals surface area (Å²) in [6, 6.07) is 5.91. The molecular weight excluding hydrogens is 226 g/mol. The van der Waals surface area contributed by atoms with E-state index in [1.807, 2.05) is 35.7 Å². The predicted molar refractivity (Wildman–Crippen MR) is 73.5 cm³/mol. The molecule has 0 aromatic carbocycles. The first-order chi connectivity index (χ1) is 8.81. The van der Waals surface area contributed by atoms with Crippen molar-refractivity contribution >= 4 is 17.4 Å². The van der Waals surface area contributed by atoms with Gasteiger partial charge in [0, 0.05) is 12.4 Å². The van der Waals surface area contributed by atoms with Crippen LogP contribution in [0.2, 0.25) is 0 Å². The highest BCUT2D eigenvalue weighted by atomic mass is 16.5. The third kappa shape index (κ3) is 2.05. The van der Waals surface area contributed by atoms with E-state index >= 15 is 0 Å². The van der Waals surface area contributed by atoms with Gasteiger partial charge in [0.05, 0.1) is 18.8 Å². The van der Waals surface area contributed by atoms with Gasteiger partial charge in [0.1, 0.15) is 11.5 Å². The smallest absolute Gasteiger partial charge is 0.167 e. The van der Waals surface area contributed by atoms with E-state index in [0.717, 1.165) is 11.3 Å². The highest BCUT2D eigenvalue weighted by Crippen LogP contribution is 2.21. The summed E-state index contributed by atoms with van der Waals surface area (Å²) in [5, 5.41) is 0. The normalized spacial score (nSPS) is 12.8. The van der Waals surface area contributed by atoms with Gasteiger partial charge >= 0.3 is 0 Å². The Morgan fingerprint density at radius 1 is 1.50 bits per heavy atom. The standard InChI is InChI=1S/C14H15N3O/c1-4-12(18-3)13(15-5-2)14-16-10-11-8-6-7-9-17(11)14/h4-10H,1H2,2-3H3/b13-12+,15-5?. The molecule has 18 heavy (non-hydrogen) atoms. The lowest BCUT2D eigenvalue weighted by atomic mass is 10.3. The number of hydrogen-bond acceptors (Lipinski definition) is 3. The van der Waals surface area contributed by atoms with Gasteiger partial charge in [0.2, 0.25) is 0 Å². The van der Waals surface area contributed by atoms with E-state index in [2.05, 4.69) is 16.6 Å². The average molecular weight is 241 g/mol. The molecule has 0 N–H and O–H groups in total. The number of imidazole rings is 1. The van der Waals surface area contributed by atoms with Crippen LogP contribution in [0.3, 0.4) is 0 Å². The molecule has 4 nitrogen and oxygen atoms in total. The molecule has 2 rings (SSSR count). The first-order valence-corrected chi connectivity index (χ1v) is 5.63. The number of rotatable bonds is 4. The van der Waals surface area contributed by atoms with Crippen molar-refractivity contribution in [2.45, 2.75) is 6.92 Å². The Morgan fingerprint density at radius 2 is 2.33 bits per heavy atom. The van der Waals surface area contributed by atoms with E-state index < -0.39 is 0 Å². The number of aromatic nitrogens is 2. The van der Waals surface area contributed by atoms with Crippen LogP contribution >= 0.6 is 0 Å². The summed E-state index contributed by atoms with van der Waals surface area (Å²) in [4.78, 5) is 8.73. The number of nitrogens with zero attached hydrogens (tertiary/aromatic N) is 3. The Kier molecular flexibility index (Phi) is 3.57. The number of pyridine rings is 1. The summed E-state index contributed by atoms with van der Waals surface area (Å²) >= 11 is 0. The van der Waals surface area contributed by atoms with Crippen LogP contribution < -0.4 is 0 Å². The number of ether oxygens (including phenoxy) is 1. The van der Waals surface area contributed by atoms with Crippen molar-refractivity contribution in [1.29, 1.82) is 0 Å². The van der Waals surface area contributed by atoms with Crippen molar-refractivity contribution in [2.75, 3.05) is 7.11 Å². The Hall–Kier alpha value is -2.36. The Bertz CT molecular complexity index is 623. The number of aliphatic imine (C=N–C) groups is 1. The SMILES string of the molecule is C=C/C(OC)=C(\N=CC)c1ncc2ccccn12. The van der Waals surface area contributed by atoms with Crippen LogP contribution in [0.4, 0.5) is 0 Å². The van der Waals surface area contributed by atoms with E-state index in [0.29, 0.717) is 11.5 Å². The van der Waals surface area contributed by atoms with Crippen molar-refractivity contribution < 1.29 is 4.74 Å². The molecule has 0 atom stereocenters. The molecule has 2 aromatic rings. The van der Waals surface area contributed by atoms with E-state index in [9.17, 15) is 0 Å². The average Bonchev–Trinajstić information content (AvgIpc) is 2.83. The first kappa shape index (κ1) is 12.1. The molecule has 0 unspecified atom stereocenters. The fourth-order valence-corrected chi connectivity index (χ4v) is 1.76. The zero-order valence-electron chi connectivity index (χ0n) is 10.5. The van der Waals surface area contributed by atoms with Gasteiger partial charge in [-0.2, -0.15) is 0 Å². The van der Waals surface area contributed by atoms with Crippen LogP contribution in [0.15, 0.2) is 54.0 Å². The third-order valence-corrected chi connectivity index (χ3v) is 2.55. The molecule has 4 heteroatoms. The van der Waals surface area contributed by atoms with Gasteiger partial charge in [-0.1, -0.05) is 12.6 Å². The molecule has 0 aliphatic rings. The minimum atomic E-state index is 0.601. The topological polar surface area (TPSA) is 38.9 Å². The minimum absolute atomic E-state index is 0.601. The molecule has 0 spiro atoms. The molecule has 2 aromatic heterocycles. The zero-order valence-corrected chi connectivity index (χ0v) is 10.5. The summed E-state index contributed by atoms with van der Waals surface area (Å²) in [5.41, 5.74) is 1.68. The molecule has 92 valence electrons. The van der Waals surface area contributed by atoms with Gasteiger partial charge in [0.15, 0.2) is 5.82 Å². The zero-order chi connectivity index (χ0) is 13.0. The van der Waals surface area contributed by atoms with Crippen LogP contribution in [0.1, 0.15) is 12.7 Å². The fourth-order valence-electron chi connectivity index (χ4n) is 1.76. The van der Waals surface area contributed by atoms with Crippen LogP contribution in [0, 0.1) is 0 Å². The van der Waals surface area contributed by atoms with Crippen LogP contribution in [-0.2, 0) is 4.74 Å². The van der Waals surface area contributed by atoms with Gasteiger partial charge in [-0.3, -0.25) is 9.39 Å². The summed E-state index contributed by atoms with van der Waals surface area (Å²) in [7, 11) is 1.60. The number of allylic oxidation sites excluding steroid dienone is 1.